The van der Waals surface area contributed by atoms with Crippen LogP contribution >= 0.6 is 0 Å². The SMILES string of the molecule is Cc1c(F)cccc1Nc1cc(C(=O)O)ccc1N. The summed E-state index contributed by atoms with van der Waals surface area (Å²) in [4.78, 5) is 10.9. The lowest BCUT2D eigenvalue weighted by Crippen LogP contribution is -2.02. The molecule has 0 saturated heterocycles. The summed E-state index contributed by atoms with van der Waals surface area (Å²) in [6.07, 6.45) is 0. The van der Waals surface area contributed by atoms with Gasteiger partial charge in [-0.1, -0.05) is 6.07 Å². The van der Waals surface area contributed by atoms with Crippen molar-refractivity contribution in [3.05, 3.63) is 53.3 Å². The van der Waals surface area contributed by atoms with E-state index in [2.05, 4.69) is 5.32 Å². The van der Waals surface area contributed by atoms with Crippen molar-refractivity contribution < 1.29 is 14.3 Å². The fraction of sp³-hybridized carbons (Fsp3) is 0.0714. The lowest BCUT2D eigenvalue weighted by molar-refractivity contribution is 0.0697. The van der Waals surface area contributed by atoms with Gasteiger partial charge >= 0.3 is 5.97 Å². The number of nitrogen functional groups attached to an aromatic ring is 1. The molecule has 0 aliphatic carbocycles. The first kappa shape index (κ1) is 12.9. The largest absolute Gasteiger partial charge is 0.478 e. The molecule has 98 valence electrons. The number of rotatable bonds is 3. The molecular weight excluding hydrogens is 247 g/mol. The average Bonchev–Trinajstić information content (AvgIpc) is 2.37. The van der Waals surface area contributed by atoms with E-state index in [0.717, 1.165) is 0 Å². The Morgan fingerprint density at radius 1 is 1.26 bits per heavy atom. The highest BCUT2D eigenvalue weighted by molar-refractivity contribution is 5.91. The third-order valence-electron chi connectivity index (χ3n) is 2.84. The van der Waals surface area contributed by atoms with E-state index >= 15 is 0 Å². The number of hydrogen-bond donors (Lipinski definition) is 3. The molecule has 2 rings (SSSR count). The number of carbonyl (C=O) groups is 1. The van der Waals surface area contributed by atoms with E-state index in [1.54, 1.807) is 19.1 Å². The molecule has 2 aromatic carbocycles. The monoisotopic (exact) mass is 260 g/mol. The van der Waals surface area contributed by atoms with Crippen molar-refractivity contribution in [2.24, 2.45) is 0 Å². The smallest absolute Gasteiger partial charge is 0.335 e. The number of nitrogens with two attached hydrogens (primary N) is 1. The number of carboxylic acids is 1. The maximum atomic E-state index is 13.4. The van der Waals surface area contributed by atoms with E-state index in [1.165, 1.54) is 24.3 Å². The molecule has 19 heavy (non-hydrogen) atoms. The van der Waals surface area contributed by atoms with E-state index in [4.69, 9.17) is 10.8 Å². The van der Waals surface area contributed by atoms with Crippen LogP contribution in [0.4, 0.5) is 21.5 Å². The zero-order chi connectivity index (χ0) is 14.0. The van der Waals surface area contributed by atoms with Crippen LogP contribution in [0.2, 0.25) is 0 Å². The quantitative estimate of drug-likeness (QED) is 0.741. The standard InChI is InChI=1S/C14H13FN2O2/c1-8-10(15)3-2-4-12(8)17-13-7-9(14(18)19)5-6-11(13)16/h2-7,17H,16H2,1H3,(H,18,19). The molecule has 2 aromatic rings. The number of benzene rings is 2. The summed E-state index contributed by atoms with van der Waals surface area (Å²) in [6, 6.07) is 8.97. The topological polar surface area (TPSA) is 75.3 Å². The van der Waals surface area contributed by atoms with Gasteiger partial charge in [0.1, 0.15) is 5.82 Å². The van der Waals surface area contributed by atoms with E-state index in [-0.39, 0.29) is 11.4 Å². The fourth-order valence-electron chi connectivity index (χ4n) is 1.69. The summed E-state index contributed by atoms with van der Waals surface area (Å²) in [6.45, 7) is 1.63. The summed E-state index contributed by atoms with van der Waals surface area (Å²) in [7, 11) is 0. The van der Waals surface area contributed by atoms with Gasteiger partial charge in [0.2, 0.25) is 0 Å². The van der Waals surface area contributed by atoms with Gasteiger partial charge in [-0.05, 0) is 37.3 Å². The molecule has 4 nitrogen and oxygen atoms in total. The maximum absolute atomic E-state index is 13.4. The Hall–Kier alpha value is -2.56. The number of anilines is 3. The lowest BCUT2D eigenvalue weighted by Gasteiger charge is -2.12. The van der Waals surface area contributed by atoms with E-state index in [0.29, 0.717) is 22.6 Å². The molecule has 0 fully saturated rings. The Morgan fingerprint density at radius 3 is 2.68 bits per heavy atom. The van der Waals surface area contributed by atoms with Crippen molar-refractivity contribution in [3.8, 4) is 0 Å². The molecule has 0 aliphatic rings. The summed E-state index contributed by atoms with van der Waals surface area (Å²) >= 11 is 0. The normalized spacial score (nSPS) is 10.2. The van der Waals surface area contributed by atoms with Gasteiger partial charge in [0.15, 0.2) is 0 Å². The van der Waals surface area contributed by atoms with Crippen molar-refractivity contribution in [2.75, 3.05) is 11.1 Å². The molecule has 0 saturated carbocycles. The average molecular weight is 260 g/mol. The molecule has 0 aromatic heterocycles. The molecule has 4 N–H and O–H groups in total. The lowest BCUT2D eigenvalue weighted by atomic mass is 10.1. The van der Waals surface area contributed by atoms with Crippen LogP contribution in [0.1, 0.15) is 15.9 Å². The van der Waals surface area contributed by atoms with Crippen LogP contribution in [0.15, 0.2) is 36.4 Å². The van der Waals surface area contributed by atoms with Crippen molar-refractivity contribution in [1.82, 2.24) is 0 Å². The Balaban J connectivity index is 2.40. The third-order valence-corrected chi connectivity index (χ3v) is 2.84. The van der Waals surface area contributed by atoms with Crippen molar-refractivity contribution in [1.29, 1.82) is 0 Å². The molecule has 5 heteroatoms. The van der Waals surface area contributed by atoms with Gasteiger partial charge in [0.05, 0.1) is 16.9 Å². The highest BCUT2D eigenvalue weighted by Gasteiger charge is 2.09. The van der Waals surface area contributed by atoms with Gasteiger partial charge in [-0.2, -0.15) is 0 Å². The van der Waals surface area contributed by atoms with Crippen LogP contribution in [-0.4, -0.2) is 11.1 Å². The molecule has 0 amide bonds. The summed E-state index contributed by atoms with van der Waals surface area (Å²) in [5, 5.41) is 11.9. The predicted molar refractivity (Wildman–Crippen MR) is 72.2 cm³/mol. The van der Waals surface area contributed by atoms with Crippen LogP contribution in [0.3, 0.4) is 0 Å². The second-order valence-electron chi connectivity index (χ2n) is 4.14. The zero-order valence-electron chi connectivity index (χ0n) is 10.3. The minimum absolute atomic E-state index is 0.116. The molecular formula is C14H13FN2O2. The van der Waals surface area contributed by atoms with Gasteiger partial charge < -0.3 is 16.2 Å². The maximum Gasteiger partial charge on any atom is 0.335 e. The van der Waals surface area contributed by atoms with Crippen LogP contribution in [-0.2, 0) is 0 Å². The van der Waals surface area contributed by atoms with Crippen LogP contribution < -0.4 is 11.1 Å². The molecule has 0 heterocycles. The van der Waals surface area contributed by atoms with Crippen LogP contribution in [0.5, 0.6) is 0 Å². The second-order valence-corrected chi connectivity index (χ2v) is 4.14. The predicted octanol–water partition coefficient (Wildman–Crippen LogP) is 3.16. The van der Waals surface area contributed by atoms with Gasteiger partial charge in [-0.25, -0.2) is 9.18 Å². The third kappa shape index (κ3) is 2.65. The van der Waals surface area contributed by atoms with E-state index in [1.807, 2.05) is 0 Å². The molecule has 0 radical (unpaired) electrons. The fourth-order valence-corrected chi connectivity index (χ4v) is 1.69. The van der Waals surface area contributed by atoms with Crippen molar-refractivity contribution in [2.45, 2.75) is 6.92 Å². The van der Waals surface area contributed by atoms with Crippen molar-refractivity contribution >= 4 is 23.0 Å². The van der Waals surface area contributed by atoms with Gasteiger partial charge in [-0.3, -0.25) is 0 Å². The minimum Gasteiger partial charge on any atom is -0.478 e. The number of halogens is 1. The van der Waals surface area contributed by atoms with Crippen LogP contribution in [0.25, 0.3) is 0 Å². The second kappa shape index (κ2) is 4.97. The van der Waals surface area contributed by atoms with E-state index < -0.39 is 5.97 Å². The number of aromatic carboxylic acids is 1. The Labute approximate surface area is 109 Å². The van der Waals surface area contributed by atoms with Gasteiger partial charge in [0.25, 0.3) is 0 Å². The van der Waals surface area contributed by atoms with E-state index in [9.17, 15) is 9.18 Å². The Bertz CT molecular complexity index is 641. The summed E-state index contributed by atoms with van der Waals surface area (Å²) in [5.74, 6) is -1.38. The first-order valence-electron chi connectivity index (χ1n) is 5.64. The first-order chi connectivity index (χ1) is 8.99. The molecule has 0 bridgehead atoms. The van der Waals surface area contributed by atoms with Gasteiger partial charge in [0, 0.05) is 11.3 Å². The molecule has 0 aliphatic heterocycles. The zero-order valence-corrected chi connectivity index (χ0v) is 10.3. The molecule has 0 spiro atoms. The Kier molecular flexibility index (Phi) is 3.37. The number of hydrogen-bond acceptors (Lipinski definition) is 3. The highest BCUT2D eigenvalue weighted by Crippen LogP contribution is 2.27. The molecule has 0 atom stereocenters. The summed E-state index contributed by atoms with van der Waals surface area (Å²) in [5.41, 5.74) is 7.73. The Morgan fingerprint density at radius 2 is 2.00 bits per heavy atom. The highest BCUT2D eigenvalue weighted by atomic mass is 19.1. The van der Waals surface area contributed by atoms with Gasteiger partial charge in [-0.15, -0.1) is 0 Å². The number of nitrogens with one attached hydrogen (secondary N) is 1. The molecule has 0 unspecified atom stereocenters. The summed E-state index contributed by atoms with van der Waals surface area (Å²) < 4.78 is 13.4. The first-order valence-corrected chi connectivity index (χ1v) is 5.64. The van der Waals surface area contributed by atoms with Crippen molar-refractivity contribution in [3.63, 3.8) is 0 Å². The number of carboxylic acid groups (broad SMARTS) is 1. The van der Waals surface area contributed by atoms with Crippen LogP contribution in [0, 0.1) is 12.7 Å². The minimum atomic E-state index is -1.04.